The van der Waals surface area contributed by atoms with Gasteiger partial charge in [0.25, 0.3) is 0 Å². The second-order valence-electron chi connectivity index (χ2n) is 4.48. The topological polar surface area (TPSA) is 38.5 Å². The van der Waals surface area contributed by atoms with Crippen molar-refractivity contribution in [2.75, 3.05) is 27.3 Å². The van der Waals surface area contributed by atoms with Gasteiger partial charge in [0, 0.05) is 19.2 Å². The van der Waals surface area contributed by atoms with Gasteiger partial charge in [0.1, 0.15) is 0 Å². The van der Waals surface area contributed by atoms with Crippen molar-refractivity contribution in [1.29, 1.82) is 0 Å². The first-order chi connectivity index (χ1) is 6.49. The molecule has 14 heavy (non-hydrogen) atoms. The standard InChI is InChI=1S/C11H26N2O/c1-9(2)11(12)6-7-13(4)10(3)8-14-5/h9-11H,6-8,12H2,1-5H3. The minimum atomic E-state index is 0.312. The van der Waals surface area contributed by atoms with Gasteiger partial charge in [0.2, 0.25) is 0 Å². The molecule has 0 amide bonds. The second kappa shape index (κ2) is 7.21. The second-order valence-corrected chi connectivity index (χ2v) is 4.48. The van der Waals surface area contributed by atoms with Crippen LogP contribution in [-0.4, -0.2) is 44.3 Å². The SMILES string of the molecule is COCC(C)N(C)CCC(N)C(C)C. The number of ether oxygens (including phenoxy) is 1. The van der Waals surface area contributed by atoms with E-state index in [-0.39, 0.29) is 0 Å². The zero-order chi connectivity index (χ0) is 11.1. The predicted octanol–water partition coefficient (Wildman–Crippen LogP) is 1.33. The van der Waals surface area contributed by atoms with E-state index in [1.165, 1.54) is 0 Å². The Hall–Kier alpha value is -0.120. The summed E-state index contributed by atoms with van der Waals surface area (Å²) in [6.45, 7) is 8.34. The quantitative estimate of drug-likeness (QED) is 0.677. The van der Waals surface area contributed by atoms with E-state index in [9.17, 15) is 0 Å². The summed E-state index contributed by atoms with van der Waals surface area (Å²) in [6.07, 6.45) is 1.06. The minimum absolute atomic E-state index is 0.312. The Morgan fingerprint density at radius 3 is 2.29 bits per heavy atom. The van der Waals surface area contributed by atoms with E-state index in [1.54, 1.807) is 7.11 Å². The van der Waals surface area contributed by atoms with Crippen LogP contribution in [0.15, 0.2) is 0 Å². The van der Waals surface area contributed by atoms with Gasteiger partial charge in [0.15, 0.2) is 0 Å². The van der Waals surface area contributed by atoms with Crippen molar-refractivity contribution >= 4 is 0 Å². The maximum absolute atomic E-state index is 5.98. The molecule has 0 aliphatic rings. The van der Waals surface area contributed by atoms with Crippen LogP contribution < -0.4 is 5.73 Å². The van der Waals surface area contributed by atoms with E-state index in [1.807, 2.05) is 0 Å². The molecule has 86 valence electrons. The monoisotopic (exact) mass is 202 g/mol. The molecule has 2 unspecified atom stereocenters. The van der Waals surface area contributed by atoms with Crippen LogP contribution in [0.2, 0.25) is 0 Å². The molecular weight excluding hydrogens is 176 g/mol. The summed E-state index contributed by atoms with van der Waals surface area (Å²) < 4.78 is 5.11. The number of nitrogens with zero attached hydrogens (tertiary/aromatic N) is 1. The summed E-state index contributed by atoms with van der Waals surface area (Å²) in [5, 5.41) is 0. The number of hydrogen-bond donors (Lipinski definition) is 1. The van der Waals surface area contributed by atoms with Crippen molar-refractivity contribution in [3.05, 3.63) is 0 Å². The van der Waals surface area contributed by atoms with Crippen molar-refractivity contribution < 1.29 is 4.74 Å². The summed E-state index contributed by atoms with van der Waals surface area (Å²) in [6, 6.07) is 0.784. The molecule has 0 aromatic rings. The Morgan fingerprint density at radius 1 is 1.29 bits per heavy atom. The first-order valence-corrected chi connectivity index (χ1v) is 5.43. The van der Waals surface area contributed by atoms with Gasteiger partial charge >= 0.3 is 0 Å². The Balaban J connectivity index is 3.67. The third-order valence-electron chi connectivity index (χ3n) is 2.83. The molecule has 0 aromatic heterocycles. The zero-order valence-corrected chi connectivity index (χ0v) is 10.3. The summed E-state index contributed by atoms with van der Waals surface area (Å²) in [5.74, 6) is 0.570. The Morgan fingerprint density at radius 2 is 1.86 bits per heavy atom. The summed E-state index contributed by atoms with van der Waals surface area (Å²) in [7, 11) is 3.86. The number of nitrogens with two attached hydrogens (primary N) is 1. The molecule has 0 bridgehead atoms. The number of rotatable bonds is 7. The molecule has 2 atom stereocenters. The molecular formula is C11H26N2O. The summed E-state index contributed by atoms with van der Waals surface area (Å²) in [5.41, 5.74) is 5.98. The average molecular weight is 202 g/mol. The van der Waals surface area contributed by atoms with Gasteiger partial charge in [-0.15, -0.1) is 0 Å². The molecule has 0 rings (SSSR count). The number of likely N-dealkylation sites (N-methyl/N-ethyl adjacent to an activating group) is 1. The fourth-order valence-electron chi connectivity index (χ4n) is 1.27. The van der Waals surface area contributed by atoms with Crippen molar-refractivity contribution in [2.24, 2.45) is 11.7 Å². The largest absolute Gasteiger partial charge is 0.383 e. The highest BCUT2D eigenvalue weighted by molar-refractivity contribution is 4.69. The fraction of sp³-hybridized carbons (Fsp3) is 1.00. The van der Waals surface area contributed by atoms with Crippen molar-refractivity contribution in [3.63, 3.8) is 0 Å². The minimum Gasteiger partial charge on any atom is -0.383 e. The van der Waals surface area contributed by atoms with Gasteiger partial charge in [-0.05, 0) is 32.9 Å². The lowest BCUT2D eigenvalue weighted by Crippen LogP contribution is -2.37. The third-order valence-corrected chi connectivity index (χ3v) is 2.83. The highest BCUT2D eigenvalue weighted by Crippen LogP contribution is 2.05. The molecule has 0 saturated heterocycles. The number of methoxy groups -OCH3 is 1. The molecule has 0 spiro atoms. The third kappa shape index (κ3) is 5.58. The van der Waals surface area contributed by atoms with Gasteiger partial charge in [-0.1, -0.05) is 13.8 Å². The summed E-state index contributed by atoms with van der Waals surface area (Å²) in [4.78, 5) is 2.30. The van der Waals surface area contributed by atoms with Gasteiger partial charge in [-0.3, -0.25) is 0 Å². The molecule has 0 radical (unpaired) electrons. The Kier molecular flexibility index (Phi) is 7.15. The van der Waals surface area contributed by atoms with Gasteiger partial charge in [-0.2, -0.15) is 0 Å². The first kappa shape index (κ1) is 13.9. The Labute approximate surface area is 88.6 Å². The van der Waals surface area contributed by atoms with Crippen LogP contribution in [0, 0.1) is 5.92 Å². The molecule has 0 aliphatic heterocycles. The van der Waals surface area contributed by atoms with E-state index < -0.39 is 0 Å². The maximum atomic E-state index is 5.98. The van der Waals surface area contributed by atoms with E-state index >= 15 is 0 Å². The van der Waals surface area contributed by atoms with Crippen LogP contribution in [-0.2, 0) is 4.74 Å². The van der Waals surface area contributed by atoms with Gasteiger partial charge in [-0.25, -0.2) is 0 Å². The smallest absolute Gasteiger partial charge is 0.0615 e. The van der Waals surface area contributed by atoms with E-state index in [0.717, 1.165) is 19.6 Å². The molecule has 3 heteroatoms. The summed E-state index contributed by atoms with van der Waals surface area (Å²) >= 11 is 0. The van der Waals surface area contributed by atoms with Gasteiger partial charge < -0.3 is 15.4 Å². The first-order valence-electron chi connectivity index (χ1n) is 5.43. The van der Waals surface area contributed by atoms with Crippen LogP contribution in [0.25, 0.3) is 0 Å². The number of hydrogen-bond acceptors (Lipinski definition) is 3. The van der Waals surface area contributed by atoms with Crippen molar-refractivity contribution in [1.82, 2.24) is 4.90 Å². The average Bonchev–Trinajstić information content (AvgIpc) is 2.13. The van der Waals surface area contributed by atoms with E-state index in [4.69, 9.17) is 10.5 Å². The van der Waals surface area contributed by atoms with Crippen LogP contribution >= 0.6 is 0 Å². The highest BCUT2D eigenvalue weighted by atomic mass is 16.5. The fourth-order valence-corrected chi connectivity index (χ4v) is 1.27. The van der Waals surface area contributed by atoms with Crippen LogP contribution in [0.4, 0.5) is 0 Å². The highest BCUT2D eigenvalue weighted by Gasteiger charge is 2.12. The lowest BCUT2D eigenvalue weighted by Gasteiger charge is -2.26. The van der Waals surface area contributed by atoms with Crippen molar-refractivity contribution in [3.8, 4) is 0 Å². The van der Waals surface area contributed by atoms with Crippen LogP contribution in [0.5, 0.6) is 0 Å². The van der Waals surface area contributed by atoms with Crippen molar-refractivity contribution in [2.45, 2.75) is 39.3 Å². The molecule has 3 nitrogen and oxygen atoms in total. The van der Waals surface area contributed by atoms with E-state index in [0.29, 0.717) is 18.0 Å². The Bertz CT molecular complexity index is 139. The van der Waals surface area contributed by atoms with Crippen LogP contribution in [0.1, 0.15) is 27.2 Å². The molecule has 0 fully saturated rings. The molecule has 2 N–H and O–H groups in total. The lowest BCUT2D eigenvalue weighted by molar-refractivity contribution is 0.113. The normalized spacial score (nSPS) is 16.3. The maximum Gasteiger partial charge on any atom is 0.0615 e. The lowest BCUT2D eigenvalue weighted by atomic mass is 10.0. The van der Waals surface area contributed by atoms with Crippen LogP contribution in [0.3, 0.4) is 0 Å². The molecule has 0 aromatic carbocycles. The molecule has 0 saturated carbocycles. The molecule has 0 aliphatic carbocycles. The van der Waals surface area contributed by atoms with E-state index in [2.05, 4.69) is 32.7 Å². The van der Waals surface area contributed by atoms with Gasteiger partial charge in [0.05, 0.1) is 6.61 Å². The predicted molar refractivity (Wildman–Crippen MR) is 61.4 cm³/mol. The zero-order valence-electron chi connectivity index (χ0n) is 10.3. The molecule has 0 heterocycles.